The van der Waals surface area contributed by atoms with Crippen molar-refractivity contribution in [1.29, 1.82) is 0 Å². The van der Waals surface area contributed by atoms with E-state index in [0.717, 1.165) is 4.88 Å². The molecule has 1 aromatic rings. The molecule has 1 aromatic heterocycles. The molecule has 0 unspecified atom stereocenters. The number of rotatable bonds is 2. The number of hydrogen-bond acceptors (Lipinski definition) is 3. The lowest BCUT2D eigenvalue weighted by molar-refractivity contribution is -0.114. The maximum absolute atomic E-state index is 11.6. The molecule has 0 saturated heterocycles. The molecular formula is C17H15NO3S. The average molecular weight is 313 g/mol. The topological polar surface area (TPSA) is 66.4 Å². The molecule has 0 atom stereocenters. The van der Waals surface area contributed by atoms with E-state index in [0.29, 0.717) is 10.6 Å². The van der Waals surface area contributed by atoms with E-state index in [4.69, 9.17) is 0 Å². The summed E-state index contributed by atoms with van der Waals surface area (Å²) in [5.41, 5.74) is 0.696. The Kier molecular flexibility index (Phi) is 5.27. The lowest BCUT2D eigenvalue weighted by atomic mass is 10.1. The minimum atomic E-state index is -1.06. The van der Waals surface area contributed by atoms with Crippen molar-refractivity contribution >= 4 is 40.4 Å². The monoisotopic (exact) mass is 313 g/mol. The number of carbonyl (C=O) groups excluding carboxylic acids is 1. The molecule has 0 aliphatic heterocycles. The minimum Gasteiger partial charge on any atom is -0.478 e. The molecule has 112 valence electrons. The van der Waals surface area contributed by atoms with E-state index in [1.165, 1.54) is 18.3 Å². The third-order valence-corrected chi connectivity index (χ3v) is 3.85. The molecule has 1 amide bonds. The number of anilines is 1. The molecule has 0 bridgehead atoms. The molecule has 2 N–H and O–H groups in total. The molecule has 0 saturated carbocycles. The molecular weight excluding hydrogens is 298 g/mol. The Labute approximate surface area is 132 Å². The highest BCUT2D eigenvalue weighted by Gasteiger charge is 2.21. The number of nitrogens with one attached hydrogen (secondary N) is 1. The zero-order valence-electron chi connectivity index (χ0n) is 11.9. The third kappa shape index (κ3) is 3.93. The molecule has 22 heavy (non-hydrogen) atoms. The number of allylic oxidation sites excluding steroid dienone is 8. The lowest BCUT2D eigenvalue weighted by Crippen LogP contribution is -2.09. The van der Waals surface area contributed by atoms with Crippen LogP contribution in [0.15, 0.2) is 48.6 Å². The second kappa shape index (κ2) is 7.38. The van der Waals surface area contributed by atoms with Crippen molar-refractivity contribution in [3.8, 4) is 0 Å². The van der Waals surface area contributed by atoms with E-state index in [-0.39, 0.29) is 11.5 Å². The highest BCUT2D eigenvalue weighted by Crippen LogP contribution is 2.35. The van der Waals surface area contributed by atoms with Crippen molar-refractivity contribution in [2.45, 2.75) is 6.92 Å². The Hall–Kier alpha value is -2.66. The maximum Gasteiger partial charge on any atom is 0.339 e. The van der Waals surface area contributed by atoms with Gasteiger partial charge >= 0.3 is 5.97 Å². The highest BCUT2D eigenvalue weighted by atomic mass is 32.1. The number of amides is 1. The van der Waals surface area contributed by atoms with Crippen LogP contribution in [0.3, 0.4) is 0 Å². The Balaban J connectivity index is 2.59. The standard InChI is InChI=1S/C17H15NO3S/c1-12(19)18-16-15(17(20)21)13-10-8-6-4-2-3-5-7-9-11-14(13)22-16/h2-11H,1H3,(H,18,19)(H,20,21). The van der Waals surface area contributed by atoms with Gasteiger partial charge in [0.2, 0.25) is 5.91 Å². The summed E-state index contributed by atoms with van der Waals surface area (Å²) in [4.78, 5) is 23.6. The van der Waals surface area contributed by atoms with Crippen LogP contribution in [0.4, 0.5) is 5.00 Å². The number of carboxylic acids is 1. The fraction of sp³-hybridized carbons (Fsp3) is 0.0588. The molecule has 0 fully saturated rings. The van der Waals surface area contributed by atoms with Crippen LogP contribution in [-0.4, -0.2) is 17.0 Å². The first-order valence-electron chi connectivity index (χ1n) is 6.62. The van der Waals surface area contributed by atoms with Gasteiger partial charge in [-0.25, -0.2) is 4.79 Å². The van der Waals surface area contributed by atoms with Crippen LogP contribution >= 0.6 is 11.3 Å². The second-order valence-corrected chi connectivity index (χ2v) is 5.50. The zero-order chi connectivity index (χ0) is 15.9. The van der Waals surface area contributed by atoms with Gasteiger partial charge in [-0.05, 0) is 6.08 Å². The summed E-state index contributed by atoms with van der Waals surface area (Å²) in [5.74, 6) is -1.36. The van der Waals surface area contributed by atoms with Gasteiger partial charge in [0.1, 0.15) is 10.6 Å². The summed E-state index contributed by atoms with van der Waals surface area (Å²) in [6.07, 6.45) is 18.4. The van der Waals surface area contributed by atoms with E-state index in [2.05, 4.69) is 5.32 Å². The molecule has 0 spiro atoms. The van der Waals surface area contributed by atoms with E-state index in [9.17, 15) is 14.7 Å². The van der Waals surface area contributed by atoms with Gasteiger partial charge in [0, 0.05) is 17.4 Å². The molecule has 0 radical (unpaired) electrons. The van der Waals surface area contributed by atoms with Gasteiger partial charge in [0.05, 0.1) is 0 Å². The Bertz CT molecular complexity index is 733. The fourth-order valence-electron chi connectivity index (χ4n) is 1.89. The molecule has 4 nitrogen and oxygen atoms in total. The minimum absolute atomic E-state index is 0.112. The van der Waals surface area contributed by atoms with Crippen LogP contribution in [0, 0.1) is 0 Å². The van der Waals surface area contributed by atoms with Crippen molar-refractivity contribution in [3.63, 3.8) is 0 Å². The number of aromatic carboxylic acids is 1. The molecule has 1 aliphatic carbocycles. The second-order valence-electron chi connectivity index (χ2n) is 4.44. The largest absolute Gasteiger partial charge is 0.478 e. The Morgan fingerprint density at radius 1 is 0.955 bits per heavy atom. The van der Waals surface area contributed by atoms with E-state index in [1.54, 1.807) is 12.2 Å². The van der Waals surface area contributed by atoms with Crippen molar-refractivity contribution < 1.29 is 14.7 Å². The molecule has 2 rings (SSSR count). The normalized spacial score (nSPS) is 13.3. The van der Waals surface area contributed by atoms with Gasteiger partial charge in [-0.15, -0.1) is 11.3 Å². The SMILES string of the molecule is CC(=O)Nc1sc2c(c1C(=O)O)C=CC=CC=CC=CC=C2. The Morgan fingerprint density at radius 2 is 1.50 bits per heavy atom. The fourth-order valence-corrected chi connectivity index (χ4v) is 3.03. The number of fused-ring (bicyclic) bond motifs is 1. The predicted molar refractivity (Wildman–Crippen MR) is 91.1 cm³/mol. The summed E-state index contributed by atoms with van der Waals surface area (Å²) in [7, 11) is 0. The Morgan fingerprint density at radius 3 is 2.05 bits per heavy atom. The third-order valence-electron chi connectivity index (χ3n) is 2.77. The zero-order valence-corrected chi connectivity index (χ0v) is 12.8. The van der Waals surface area contributed by atoms with Crippen LogP contribution < -0.4 is 5.32 Å². The highest BCUT2D eigenvalue weighted by molar-refractivity contribution is 7.17. The smallest absolute Gasteiger partial charge is 0.339 e. The van der Waals surface area contributed by atoms with Crippen molar-refractivity contribution in [3.05, 3.63) is 64.6 Å². The van der Waals surface area contributed by atoms with Crippen molar-refractivity contribution in [2.24, 2.45) is 0 Å². The molecule has 1 aliphatic rings. The molecule has 0 aromatic carbocycles. The van der Waals surface area contributed by atoms with Crippen LogP contribution in [-0.2, 0) is 4.79 Å². The summed E-state index contributed by atoms with van der Waals surface area (Å²) in [6, 6.07) is 0. The van der Waals surface area contributed by atoms with Crippen LogP contribution in [0.1, 0.15) is 27.7 Å². The maximum atomic E-state index is 11.6. The number of hydrogen-bond donors (Lipinski definition) is 2. The average Bonchev–Trinajstić information content (AvgIpc) is 2.75. The van der Waals surface area contributed by atoms with Crippen molar-refractivity contribution in [2.75, 3.05) is 5.32 Å². The van der Waals surface area contributed by atoms with Gasteiger partial charge in [-0.2, -0.15) is 0 Å². The first-order chi connectivity index (χ1) is 10.6. The van der Waals surface area contributed by atoms with Gasteiger partial charge < -0.3 is 10.4 Å². The number of thiophene rings is 1. The number of carbonyl (C=O) groups is 2. The van der Waals surface area contributed by atoms with E-state index in [1.807, 2.05) is 48.6 Å². The van der Waals surface area contributed by atoms with E-state index < -0.39 is 5.97 Å². The summed E-state index contributed by atoms with van der Waals surface area (Å²) < 4.78 is 0. The van der Waals surface area contributed by atoms with Gasteiger partial charge in [0.15, 0.2) is 0 Å². The van der Waals surface area contributed by atoms with Crippen molar-refractivity contribution in [1.82, 2.24) is 0 Å². The van der Waals surface area contributed by atoms with Crippen LogP contribution in [0.25, 0.3) is 12.2 Å². The summed E-state index contributed by atoms with van der Waals surface area (Å²) >= 11 is 1.24. The quantitative estimate of drug-likeness (QED) is 0.863. The molecule has 1 heterocycles. The van der Waals surface area contributed by atoms with Gasteiger partial charge in [-0.3, -0.25) is 4.79 Å². The first-order valence-corrected chi connectivity index (χ1v) is 7.43. The van der Waals surface area contributed by atoms with Gasteiger partial charge in [-0.1, -0.05) is 54.7 Å². The number of carboxylic acid groups (broad SMARTS) is 1. The predicted octanol–water partition coefficient (Wildman–Crippen LogP) is 4.11. The lowest BCUT2D eigenvalue weighted by Gasteiger charge is -2.00. The summed E-state index contributed by atoms with van der Waals surface area (Å²) in [5, 5.41) is 12.4. The van der Waals surface area contributed by atoms with Crippen LogP contribution in [0.5, 0.6) is 0 Å². The van der Waals surface area contributed by atoms with Gasteiger partial charge in [0.25, 0.3) is 0 Å². The summed E-state index contributed by atoms with van der Waals surface area (Å²) in [6.45, 7) is 1.36. The first kappa shape index (κ1) is 15.7. The van der Waals surface area contributed by atoms with Crippen LogP contribution in [0.2, 0.25) is 0 Å². The molecule has 5 heteroatoms. The van der Waals surface area contributed by atoms with E-state index >= 15 is 0 Å².